The summed E-state index contributed by atoms with van der Waals surface area (Å²) in [6, 6.07) is 13.6. The van der Waals surface area contributed by atoms with Crippen LogP contribution in [0, 0.1) is 5.82 Å². The van der Waals surface area contributed by atoms with Crippen molar-refractivity contribution in [1.29, 1.82) is 0 Å². The zero-order valence-electron chi connectivity index (χ0n) is 16.9. The standard InChI is InChI=1S/C22H19FN4O4/c1-28-18-8-5-14(9-19(18)29-2)21-24-22(31-26-21)17-10-16-12-30-20(11-27(16)25-17)13-3-6-15(23)7-4-13/h3-10,20H,11-12H2,1-2H3/t20-/m0/s1. The smallest absolute Gasteiger partial charge is 0.278 e. The van der Waals surface area contributed by atoms with E-state index in [0.717, 1.165) is 16.8 Å². The number of halogens is 1. The van der Waals surface area contributed by atoms with Gasteiger partial charge in [0.1, 0.15) is 11.9 Å². The number of nitrogens with zero attached hydrogens (tertiary/aromatic N) is 4. The van der Waals surface area contributed by atoms with Crippen LogP contribution in [-0.2, 0) is 17.9 Å². The van der Waals surface area contributed by atoms with Crippen molar-refractivity contribution in [1.82, 2.24) is 19.9 Å². The summed E-state index contributed by atoms with van der Waals surface area (Å²) in [6.45, 7) is 0.892. The summed E-state index contributed by atoms with van der Waals surface area (Å²) in [5.74, 6) is 1.65. The molecule has 1 aliphatic heterocycles. The minimum absolute atomic E-state index is 0.203. The largest absolute Gasteiger partial charge is 0.493 e. The second-order valence-corrected chi connectivity index (χ2v) is 7.05. The average molecular weight is 422 g/mol. The van der Waals surface area contributed by atoms with Gasteiger partial charge in [-0.3, -0.25) is 4.68 Å². The zero-order valence-corrected chi connectivity index (χ0v) is 16.9. The first-order valence-electron chi connectivity index (χ1n) is 9.65. The van der Waals surface area contributed by atoms with E-state index in [2.05, 4.69) is 15.2 Å². The summed E-state index contributed by atoms with van der Waals surface area (Å²) in [6.07, 6.45) is -0.203. The van der Waals surface area contributed by atoms with E-state index in [1.54, 1.807) is 38.5 Å². The van der Waals surface area contributed by atoms with Crippen molar-refractivity contribution in [2.75, 3.05) is 14.2 Å². The third-order valence-corrected chi connectivity index (χ3v) is 5.16. The second kappa shape index (κ2) is 7.84. The molecule has 9 heteroatoms. The fourth-order valence-electron chi connectivity index (χ4n) is 3.53. The van der Waals surface area contributed by atoms with Crippen LogP contribution in [-0.4, -0.2) is 34.1 Å². The van der Waals surface area contributed by atoms with Crippen LogP contribution in [0.3, 0.4) is 0 Å². The third-order valence-electron chi connectivity index (χ3n) is 5.16. The van der Waals surface area contributed by atoms with Crippen molar-refractivity contribution in [3.63, 3.8) is 0 Å². The first-order valence-corrected chi connectivity index (χ1v) is 9.65. The quantitative estimate of drug-likeness (QED) is 0.480. The van der Waals surface area contributed by atoms with E-state index < -0.39 is 0 Å². The van der Waals surface area contributed by atoms with Crippen LogP contribution in [0.15, 0.2) is 53.1 Å². The first kappa shape index (κ1) is 19.3. The monoisotopic (exact) mass is 422 g/mol. The van der Waals surface area contributed by atoms with Crippen LogP contribution >= 0.6 is 0 Å². The molecule has 8 nitrogen and oxygen atoms in total. The molecule has 1 aliphatic rings. The number of hydrogen-bond acceptors (Lipinski definition) is 7. The Morgan fingerprint density at radius 3 is 2.61 bits per heavy atom. The highest BCUT2D eigenvalue weighted by atomic mass is 19.1. The summed E-state index contributed by atoms with van der Waals surface area (Å²) in [5.41, 5.74) is 3.10. The summed E-state index contributed by atoms with van der Waals surface area (Å²) >= 11 is 0. The van der Waals surface area contributed by atoms with Crippen molar-refractivity contribution in [3.8, 4) is 34.5 Å². The molecule has 31 heavy (non-hydrogen) atoms. The predicted molar refractivity (Wildman–Crippen MR) is 108 cm³/mol. The van der Waals surface area contributed by atoms with Gasteiger partial charge in [0.2, 0.25) is 5.82 Å². The van der Waals surface area contributed by atoms with E-state index in [1.807, 2.05) is 16.8 Å². The number of hydrogen-bond donors (Lipinski definition) is 0. The van der Waals surface area contributed by atoms with Gasteiger partial charge in [0.15, 0.2) is 17.2 Å². The lowest BCUT2D eigenvalue weighted by Crippen LogP contribution is -2.21. The van der Waals surface area contributed by atoms with Crippen LogP contribution < -0.4 is 9.47 Å². The SMILES string of the molecule is COc1ccc(-c2noc(-c3cc4n(n3)C[C@@H](c3ccc(F)cc3)OC4)n2)cc1OC. The second-order valence-electron chi connectivity index (χ2n) is 7.05. The molecule has 0 amide bonds. The van der Waals surface area contributed by atoms with Crippen molar-refractivity contribution < 1.29 is 23.1 Å². The Morgan fingerprint density at radius 1 is 1.03 bits per heavy atom. The number of methoxy groups -OCH3 is 2. The van der Waals surface area contributed by atoms with Crippen LogP contribution in [0.1, 0.15) is 17.4 Å². The Kier molecular flexibility index (Phi) is 4.87. The molecule has 0 unspecified atom stereocenters. The number of ether oxygens (including phenoxy) is 3. The van der Waals surface area contributed by atoms with Crippen molar-refractivity contribution in [3.05, 3.63) is 65.6 Å². The van der Waals surface area contributed by atoms with Gasteiger partial charge in [0.05, 0.1) is 33.1 Å². The molecule has 1 atom stereocenters. The molecule has 0 aliphatic carbocycles. The molecule has 0 bridgehead atoms. The Labute approximate surface area is 177 Å². The van der Waals surface area contributed by atoms with Gasteiger partial charge in [-0.15, -0.1) is 0 Å². The minimum Gasteiger partial charge on any atom is -0.493 e. The number of aromatic nitrogens is 4. The summed E-state index contributed by atoms with van der Waals surface area (Å²) in [4.78, 5) is 4.48. The third kappa shape index (κ3) is 3.64. The van der Waals surface area contributed by atoms with Gasteiger partial charge in [-0.2, -0.15) is 10.1 Å². The topological polar surface area (TPSA) is 84.4 Å². The lowest BCUT2D eigenvalue weighted by molar-refractivity contribution is -0.00116. The molecule has 2 aromatic carbocycles. The molecule has 0 radical (unpaired) electrons. The lowest BCUT2D eigenvalue weighted by atomic mass is 10.1. The molecular weight excluding hydrogens is 403 g/mol. The van der Waals surface area contributed by atoms with Gasteiger partial charge in [0, 0.05) is 5.56 Å². The van der Waals surface area contributed by atoms with Gasteiger partial charge in [-0.05, 0) is 42.0 Å². The number of fused-ring (bicyclic) bond motifs is 1. The maximum Gasteiger partial charge on any atom is 0.278 e. The van der Waals surface area contributed by atoms with Gasteiger partial charge in [-0.1, -0.05) is 17.3 Å². The molecule has 0 fully saturated rings. The van der Waals surface area contributed by atoms with Crippen molar-refractivity contribution in [2.24, 2.45) is 0 Å². The predicted octanol–water partition coefficient (Wildman–Crippen LogP) is 4.03. The molecule has 158 valence electrons. The van der Waals surface area contributed by atoms with Crippen LogP contribution in [0.25, 0.3) is 23.0 Å². The van der Waals surface area contributed by atoms with Crippen molar-refractivity contribution >= 4 is 0 Å². The van der Waals surface area contributed by atoms with E-state index in [9.17, 15) is 4.39 Å². The van der Waals surface area contributed by atoms with Crippen LogP contribution in [0.5, 0.6) is 11.5 Å². The Morgan fingerprint density at radius 2 is 1.84 bits per heavy atom. The maximum absolute atomic E-state index is 13.2. The Hall–Kier alpha value is -3.72. The lowest BCUT2D eigenvalue weighted by Gasteiger charge is -2.24. The number of benzene rings is 2. The zero-order chi connectivity index (χ0) is 21.4. The molecule has 3 heterocycles. The number of rotatable bonds is 5. The van der Waals surface area contributed by atoms with E-state index in [-0.39, 0.29) is 11.9 Å². The van der Waals surface area contributed by atoms with E-state index in [0.29, 0.717) is 42.1 Å². The molecular formula is C22H19FN4O4. The molecule has 0 saturated carbocycles. The minimum atomic E-state index is -0.275. The van der Waals surface area contributed by atoms with E-state index in [1.165, 1.54) is 12.1 Å². The van der Waals surface area contributed by atoms with E-state index >= 15 is 0 Å². The van der Waals surface area contributed by atoms with Crippen LogP contribution in [0.4, 0.5) is 4.39 Å². The Bertz CT molecular complexity index is 1220. The highest BCUT2D eigenvalue weighted by Crippen LogP contribution is 2.33. The summed E-state index contributed by atoms with van der Waals surface area (Å²) in [5, 5.41) is 8.68. The maximum atomic E-state index is 13.2. The average Bonchev–Trinajstić information content (AvgIpc) is 3.46. The summed E-state index contributed by atoms with van der Waals surface area (Å²) < 4.78 is 37.0. The van der Waals surface area contributed by atoms with E-state index in [4.69, 9.17) is 18.7 Å². The first-order chi connectivity index (χ1) is 15.1. The normalized spacial score (nSPS) is 15.5. The summed E-state index contributed by atoms with van der Waals surface area (Å²) in [7, 11) is 3.15. The van der Waals surface area contributed by atoms with Gasteiger partial charge >= 0.3 is 0 Å². The van der Waals surface area contributed by atoms with Gasteiger partial charge in [0.25, 0.3) is 5.89 Å². The molecule has 0 spiro atoms. The highest BCUT2D eigenvalue weighted by molar-refractivity contribution is 5.62. The molecule has 0 N–H and O–H groups in total. The fourth-order valence-corrected chi connectivity index (χ4v) is 3.53. The highest BCUT2D eigenvalue weighted by Gasteiger charge is 2.24. The van der Waals surface area contributed by atoms with Crippen LogP contribution in [0.2, 0.25) is 0 Å². The van der Waals surface area contributed by atoms with Gasteiger partial charge in [-0.25, -0.2) is 4.39 Å². The molecule has 4 aromatic rings. The molecule has 2 aromatic heterocycles. The Balaban J connectivity index is 1.39. The molecule has 5 rings (SSSR count). The fraction of sp³-hybridized carbons (Fsp3) is 0.227. The van der Waals surface area contributed by atoms with Crippen molar-refractivity contribution in [2.45, 2.75) is 19.3 Å². The van der Waals surface area contributed by atoms with Gasteiger partial charge < -0.3 is 18.7 Å². The molecule has 0 saturated heterocycles.